The van der Waals surface area contributed by atoms with Crippen molar-refractivity contribution < 1.29 is 22.4 Å². The minimum absolute atomic E-state index is 0.0229. The van der Waals surface area contributed by atoms with Crippen molar-refractivity contribution in [3.05, 3.63) is 137 Å². The number of aryl methyl sites for hydroxylation is 1. The zero-order valence-electron chi connectivity index (χ0n) is 26.3. The maximum Gasteiger partial charge on any atom is 0.416 e. The number of para-hydroxylation sites is 1. The molecule has 8 heteroatoms. The third kappa shape index (κ3) is 10.8. The van der Waals surface area contributed by atoms with Gasteiger partial charge < -0.3 is 4.90 Å². The molecule has 1 unspecified atom stereocenters. The number of benzene rings is 3. The molecule has 1 aromatic heterocycles. The highest BCUT2D eigenvalue weighted by Gasteiger charge is 2.30. The first-order chi connectivity index (χ1) is 21.4. The average molecular weight is 618 g/mol. The number of carbonyl (C=O) groups is 1. The highest BCUT2D eigenvalue weighted by atomic mass is 19.4. The molecular weight excluding hydrogens is 578 g/mol. The van der Waals surface area contributed by atoms with E-state index in [1.54, 1.807) is 35.5 Å². The molecule has 0 bridgehead atoms. The number of hydrogen-bond acceptors (Lipinski definition) is 3. The van der Waals surface area contributed by atoms with E-state index in [2.05, 4.69) is 24.9 Å². The molecule has 1 atom stereocenters. The summed E-state index contributed by atoms with van der Waals surface area (Å²) in [7, 11) is 0. The predicted octanol–water partition coefficient (Wildman–Crippen LogP) is 9.80. The van der Waals surface area contributed by atoms with Gasteiger partial charge >= 0.3 is 6.18 Å². The third-order valence-corrected chi connectivity index (χ3v) is 7.25. The lowest BCUT2D eigenvalue weighted by Crippen LogP contribution is -2.42. The molecule has 0 saturated heterocycles. The van der Waals surface area contributed by atoms with Crippen LogP contribution in [0.25, 0.3) is 5.57 Å². The number of pyridine rings is 1. The Labute approximate surface area is 263 Å². The maximum absolute atomic E-state index is 13.5. The summed E-state index contributed by atoms with van der Waals surface area (Å²) in [5.74, 6) is -0.378. The van der Waals surface area contributed by atoms with Crippen LogP contribution in [-0.4, -0.2) is 27.5 Å². The van der Waals surface area contributed by atoms with Crippen LogP contribution in [0.2, 0.25) is 0 Å². The molecule has 0 N–H and O–H groups in total. The molecule has 1 amide bonds. The Kier molecular flexibility index (Phi) is 12.8. The van der Waals surface area contributed by atoms with Crippen molar-refractivity contribution in [3.8, 4) is 0 Å². The van der Waals surface area contributed by atoms with Gasteiger partial charge in [0.2, 0.25) is 5.91 Å². The molecule has 1 heterocycles. The molecule has 4 nitrogen and oxygen atoms in total. The monoisotopic (exact) mass is 617 g/mol. The van der Waals surface area contributed by atoms with Crippen molar-refractivity contribution in [1.82, 2.24) is 9.88 Å². The fourth-order valence-electron chi connectivity index (χ4n) is 4.58. The summed E-state index contributed by atoms with van der Waals surface area (Å²) in [5, 5.41) is 0. The van der Waals surface area contributed by atoms with Crippen molar-refractivity contribution >= 4 is 22.9 Å². The van der Waals surface area contributed by atoms with E-state index < -0.39 is 11.7 Å². The quantitative estimate of drug-likeness (QED) is 0.139. The van der Waals surface area contributed by atoms with Gasteiger partial charge in [0.1, 0.15) is 5.82 Å². The number of amides is 1. The van der Waals surface area contributed by atoms with Gasteiger partial charge in [0.25, 0.3) is 0 Å². The largest absolute Gasteiger partial charge is 0.416 e. The summed E-state index contributed by atoms with van der Waals surface area (Å²) in [5.41, 5.74) is 5.46. The van der Waals surface area contributed by atoms with Gasteiger partial charge in [0, 0.05) is 30.2 Å². The number of nitrogens with zero attached hydrogens (tertiary/aromatic N) is 3. The van der Waals surface area contributed by atoms with Crippen LogP contribution in [0.5, 0.6) is 0 Å². The second-order valence-corrected chi connectivity index (χ2v) is 10.8. The van der Waals surface area contributed by atoms with Crippen molar-refractivity contribution in [1.29, 1.82) is 0 Å². The Hall–Kier alpha value is -4.59. The van der Waals surface area contributed by atoms with Gasteiger partial charge in [-0.2, -0.15) is 13.2 Å². The molecule has 0 aliphatic heterocycles. The smallest absolute Gasteiger partial charge is 0.330 e. The van der Waals surface area contributed by atoms with Crippen LogP contribution in [0.3, 0.4) is 0 Å². The summed E-state index contributed by atoms with van der Waals surface area (Å²) in [6, 6.07) is 22.3. The molecule has 0 fully saturated rings. The van der Waals surface area contributed by atoms with E-state index in [1.165, 1.54) is 24.3 Å². The normalized spacial score (nSPS) is 12.6. The fourth-order valence-corrected chi connectivity index (χ4v) is 4.58. The van der Waals surface area contributed by atoms with Crippen LogP contribution in [0.15, 0.2) is 108 Å². The Morgan fingerprint density at radius 2 is 1.60 bits per heavy atom. The van der Waals surface area contributed by atoms with E-state index in [0.717, 1.165) is 52.2 Å². The van der Waals surface area contributed by atoms with E-state index >= 15 is 0 Å². The minimum Gasteiger partial charge on any atom is -0.330 e. The van der Waals surface area contributed by atoms with Gasteiger partial charge in [-0.05, 0) is 87.2 Å². The summed E-state index contributed by atoms with van der Waals surface area (Å²) in [6.07, 6.45) is 1.98. The number of carbonyl (C=O) groups excluding carboxylic acids is 1. The van der Waals surface area contributed by atoms with Crippen LogP contribution in [0.1, 0.15) is 61.9 Å². The van der Waals surface area contributed by atoms with Crippen molar-refractivity contribution in [2.45, 2.75) is 66.2 Å². The molecule has 3 aromatic carbocycles. The van der Waals surface area contributed by atoms with Gasteiger partial charge in [-0.3, -0.25) is 14.8 Å². The number of allylic oxidation sites excluding steroid dienone is 2. The molecule has 0 saturated carbocycles. The summed E-state index contributed by atoms with van der Waals surface area (Å²) in [6.45, 7) is 10.2. The van der Waals surface area contributed by atoms with E-state index in [4.69, 9.17) is 4.99 Å². The molecule has 0 aliphatic carbocycles. The first-order valence-corrected chi connectivity index (χ1v) is 14.8. The average Bonchev–Trinajstić information content (AvgIpc) is 3.02. The second kappa shape index (κ2) is 16.5. The third-order valence-electron chi connectivity index (χ3n) is 7.25. The predicted molar refractivity (Wildman–Crippen MR) is 174 cm³/mol. The lowest BCUT2D eigenvalue weighted by Gasteiger charge is -2.30. The number of hydrogen-bond donors (Lipinski definition) is 0. The van der Waals surface area contributed by atoms with Crippen LogP contribution < -0.4 is 0 Å². The molecule has 236 valence electrons. The van der Waals surface area contributed by atoms with Crippen LogP contribution >= 0.6 is 0 Å². The maximum atomic E-state index is 13.5. The number of rotatable bonds is 9. The number of halogens is 4. The highest BCUT2D eigenvalue weighted by Crippen LogP contribution is 2.30. The summed E-state index contributed by atoms with van der Waals surface area (Å²) < 4.78 is 50.9. The number of aromatic nitrogens is 1. The highest BCUT2D eigenvalue weighted by molar-refractivity contribution is 5.94. The molecule has 4 aromatic rings. The van der Waals surface area contributed by atoms with Gasteiger partial charge in [-0.1, -0.05) is 67.1 Å². The Morgan fingerprint density at radius 3 is 2.18 bits per heavy atom. The molecule has 0 aliphatic rings. The Balaban J connectivity index is 0.000000598. The lowest BCUT2D eigenvalue weighted by atomic mass is 10.0. The SMILES string of the molecule is CC/C=C(/C)c1ccccc1N=C(C)C(C)N(Cc1cccnc1)C(=O)Cc1ccc(C(F)(F)F)cc1.Cc1ccc(F)cc1. The zero-order valence-corrected chi connectivity index (χ0v) is 26.3. The van der Waals surface area contributed by atoms with E-state index in [1.807, 2.05) is 51.1 Å². The fraction of sp³-hybridized carbons (Fsp3) is 0.270. The van der Waals surface area contributed by atoms with E-state index in [9.17, 15) is 22.4 Å². The van der Waals surface area contributed by atoms with Gasteiger partial charge in [-0.25, -0.2) is 4.39 Å². The Morgan fingerprint density at radius 1 is 0.933 bits per heavy atom. The van der Waals surface area contributed by atoms with Crippen LogP contribution in [0.4, 0.5) is 23.2 Å². The first-order valence-electron chi connectivity index (χ1n) is 14.8. The van der Waals surface area contributed by atoms with E-state index in [0.29, 0.717) is 12.1 Å². The second-order valence-electron chi connectivity index (χ2n) is 10.8. The van der Waals surface area contributed by atoms with Gasteiger partial charge in [0.15, 0.2) is 0 Å². The molecule has 0 spiro atoms. The topological polar surface area (TPSA) is 45.6 Å². The molecule has 0 radical (unpaired) electrons. The number of aliphatic imine (C=N–C) groups is 1. The van der Waals surface area contributed by atoms with Crippen LogP contribution in [0, 0.1) is 12.7 Å². The van der Waals surface area contributed by atoms with E-state index in [-0.39, 0.29) is 24.2 Å². The van der Waals surface area contributed by atoms with Crippen molar-refractivity contribution in [2.75, 3.05) is 0 Å². The molecule has 45 heavy (non-hydrogen) atoms. The van der Waals surface area contributed by atoms with Gasteiger partial charge in [-0.15, -0.1) is 0 Å². The minimum atomic E-state index is -4.42. The number of alkyl halides is 3. The molecule has 4 rings (SSSR count). The molecular formula is C37H39F4N3O. The standard InChI is InChI=1S/C30H32F3N3O.C7H7F/c1-5-9-21(2)27-11-6-7-12-28(27)35-22(3)23(4)36(20-25-10-8-17-34-19-25)29(37)18-24-13-15-26(16-14-24)30(31,32)33;1-6-2-4-7(8)5-3-6/h6-17,19,23H,5,18,20H2,1-4H3;2-5H,1H3/b21-9-,35-22?;. The Bertz CT molecular complexity index is 1560. The van der Waals surface area contributed by atoms with Crippen molar-refractivity contribution in [2.24, 2.45) is 4.99 Å². The van der Waals surface area contributed by atoms with Crippen molar-refractivity contribution in [3.63, 3.8) is 0 Å². The summed E-state index contributed by atoms with van der Waals surface area (Å²) >= 11 is 0. The zero-order chi connectivity index (χ0) is 33.0. The lowest BCUT2D eigenvalue weighted by molar-refractivity contribution is -0.137. The summed E-state index contributed by atoms with van der Waals surface area (Å²) in [4.78, 5) is 24.2. The van der Waals surface area contributed by atoms with Crippen LogP contribution in [-0.2, 0) is 23.9 Å². The first kappa shape index (κ1) is 34.9. The van der Waals surface area contributed by atoms with Gasteiger partial charge in [0.05, 0.1) is 23.7 Å².